The molecule has 0 atom stereocenters. The highest BCUT2D eigenvalue weighted by atomic mass is 32.2. The van der Waals surface area contributed by atoms with Crippen LogP contribution in [-0.2, 0) is 20.0 Å². The molecule has 2 rings (SSSR count). The van der Waals surface area contributed by atoms with Crippen molar-refractivity contribution < 1.29 is 22.0 Å². The molecular weight excluding hydrogens is 386 g/mol. The van der Waals surface area contributed by atoms with Gasteiger partial charge in [-0.1, -0.05) is 32.9 Å². The third kappa shape index (κ3) is 5.28. The molecule has 152 valence electrons. The minimum Gasteiger partial charge on any atom is -0.365 e. The topological polar surface area (TPSA) is 66.5 Å². The summed E-state index contributed by atoms with van der Waals surface area (Å²) in [4.78, 5) is 13.5. The smallest absolute Gasteiger partial charge is 0.341 e. The molecule has 0 radical (unpaired) electrons. The Morgan fingerprint density at radius 2 is 1.57 bits per heavy atom. The average molecular weight is 410 g/mol. The number of sulfone groups is 1. The molecule has 0 saturated heterocycles. The molecule has 5 nitrogen and oxygen atoms in total. The Bertz CT molecular complexity index is 919. The molecule has 0 fully saturated rings. The van der Waals surface area contributed by atoms with Crippen LogP contribution in [0, 0.1) is 0 Å². The van der Waals surface area contributed by atoms with E-state index in [1.54, 1.807) is 11.9 Å². The van der Waals surface area contributed by atoms with Crippen molar-refractivity contribution >= 4 is 27.1 Å². The number of anilines is 2. The van der Waals surface area contributed by atoms with E-state index in [2.05, 4.69) is 26.1 Å². The molecule has 0 unspecified atom stereocenters. The van der Waals surface area contributed by atoms with Gasteiger partial charge < -0.3 is 10.2 Å². The number of rotatable bonds is 6. The number of nitrogens with zero attached hydrogens (tertiary/aromatic N) is 1. The van der Waals surface area contributed by atoms with Gasteiger partial charge in [-0.3, -0.25) is 4.79 Å². The summed E-state index contributed by atoms with van der Waals surface area (Å²) in [5.74, 6) is -3.79. The van der Waals surface area contributed by atoms with Gasteiger partial charge in [-0.15, -0.1) is 0 Å². The Morgan fingerprint density at radius 1 is 1.04 bits per heavy atom. The number of carbonyl (C=O) groups excluding carboxylic acids is 1. The second kappa shape index (κ2) is 8.26. The van der Waals surface area contributed by atoms with Crippen molar-refractivity contribution in [1.29, 1.82) is 0 Å². The summed E-state index contributed by atoms with van der Waals surface area (Å²) in [6.45, 7) is 6.44. The fourth-order valence-corrected chi connectivity index (χ4v) is 3.28. The quantitative estimate of drug-likeness (QED) is 0.780. The molecule has 0 aliphatic heterocycles. The lowest BCUT2D eigenvalue weighted by atomic mass is 9.87. The first kappa shape index (κ1) is 21.8. The Hall–Kier alpha value is -2.48. The van der Waals surface area contributed by atoms with Gasteiger partial charge in [-0.2, -0.15) is 8.78 Å². The van der Waals surface area contributed by atoms with Crippen molar-refractivity contribution in [2.75, 3.05) is 23.8 Å². The van der Waals surface area contributed by atoms with Crippen LogP contribution in [0.1, 0.15) is 26.3 Å². The maximum Gasteiger partial charge on any atom is 0.341 e. The summed E-state index contributed by atoms with van der Waals surface area (Å²) in [7, 11) is -2.86. The van der Waals surface area contributed by atoms with Gasteiger partial charge in [0.05, 0.1) is 11.4 Å². The van der Waals surface area contributed by atoms with Crippen LogP contribution >= 0.6 is 0 Å². The molecule has 28 heavy (non-hydrogen) atoms. The van der Waals surface area contributed by atoms with Crippen LogP contribution in [0.2, 0.25) is 0 Å². The molecule has 0 aliphatic carbocycles. The highest BCUT2D eigenvalue weighted by Crippen LogP contribution is 2.24. The molecule has 0 aromatic heterocycles. The van der Waals surface area contributed by atoms with Crippen LogP contribution in [0.3, 0.4) is 0 Å². The first-order valence-electron chi connectivity index (χ1n) is 8.65. The molecule has 2 aromatic rings. The molecule has 0 bridgehead atoms. The molecular formula is C20H24F2N2O3S. The van der Waals surface area contributed by atoms with Crippen molar-refractivity contribution in [2.24, 2.45) is 0 Å². The molecule has 1 amide bonds. The van der Waals surface area contributed by atoms with Gasteiger partial charge >= 0.3 is 5.76 Å². The second-order valence-corrected chi connectivity index (χ2v) is 9.45. The van der Waals surface area contributed by atoms with Crippen molar-refractivity contribution in [3.63, 3.8) is 0 Å². The lowest BCUT2D eigenvalue weighted by Crippen LogP contribution is -2.30. The zero-order chi connectivity index (χ0) is 21.1. The van der Waals surface area contributed by atoms with Crippen molar-refractivity contribution in [3.8, 4) is 0 Å². The van der Waals surface area contributed by atoms with E-state index in [1.807, 2.05) is 24.3 Å². The number of carbonyl (C=O) groups is 1. The van der Waals surface area contributed by atoms with Gasteiger partial charge in [0.1, 0.15) is 0 Å². The number of likely N-dealkylation sites (N-methyl/N-ethyl adjacent to an activating group) is 1. The molecule has 0 saturated carbocycles. The highest BCUT2D eigenvalue weighted by Gasteiger charge is 2.26. The molecule has 1 N–H and O–H groups in total. The largest absolute Gasteiger partial charge is 0.365 e. The zero-order valence-corrected chi connectivity index (χ0v) is 17.1. The van der Waals surface area contributed by atoms with Gasteiger partial charge in [0, 0.05) is 18.4 Å². The minimum atomic E-state index is -4.65. The van der Waals surface area contributed by atoms with Crippen LogP contribution in [-0.4, -0.2) is 33.7 Å². The van der Waals surface area contributed by atoms with Crippen LogP contribution < -0.4 is 10.2 Å². The highest BCUT2D eigenvalue weighted by molar-refractivity contribution is 7.91. The molecule has 2 aromatic carbocycles. The number of alkyl halides is 2. The minimum absolute atomic E-state index is 0.0401. The fourth-order valence-electron chi connectivity index (χ4n) is 2.55. The Morgan fingerprint density at radius 3 is 2.04 bits per heavy atom. The predicted octanol–water partition coefficient (Wildman–Crippen LogP) is 4.06. The van der Waals surface area contributed by atoms with E-state index in [0.29, 0.717) is 5.69 Å². The third-order valence-electron chi connectivity index (χ3n) is 4.26. The van der Waals surface area contributed by atoms with Crippen molar-refractivity contribution in [1.82, 2.24) is 0 Å². The van der Waals surface area contributed by atoms with Gasteiger partial charge in [-0.05, 0) is 47.4 Å². The monoisotopic (exact) mass is 410 g/mol. The van der Waals surface area contributed by atoms with Gasteiger partial charge in [0.15, 0.2) is 0 Å². The van der Waals surface area contributed by atoms with Crippen LogP contribution in [0.15, 0.2) is 53.4 Å². The normalized spacial score (nSPS) is 12.1. The van der Waals surface area contributed by atoms with Gasteiger partial charge in [-0.25, -0.2) is 8.42 Å². The standard InChI is InChI=1S/C20H24F2N2O3S/c1-20(2,3)14-5-9-16(10-6-14)24(4)13-18(25)23-15-7-11-17(12-8-15)28(26,27)19(21)22/h5-12,19H,13H2,1-4H3,(H,23,25). The number of hydrogen-bond donors (Lipinski definition) is 1. The lowest BCUT2D eigenvalue weighted by molar-refractivity contribution is -0.114. The SMILES string of the molecule is CN(CC(=O)Nc1ccc(S(=O)(=O)C(F)F)cc1)c1ccc(C(C)(C)C)cc1. The number of halogens is 2. The third-order valence-corrected chi connectivity index (χ3v) is 5.65. The summed E-state index contributed by atoms with van der Waals surface area (Å²) in [6, 6.07) is 12.6. The van der Waals surface area contributed by atoms with Gasteiger partial charge in [0.25, 0.3) is 0 Å². The summed E-state index contributed by atoms with van der Waals surface area (Å²) < 4.78 is 47.9. The van der Waals surface area contributed by atoms with Crippen molar-refractivity contribution in [2.45, 2.75) is 36.8 Å². The first-order chi connectivity index (χ1) is 12.9. The average Bonchev–Trinajstić information content (AvgIpc) is 2.61. The van der Waals surface area contributed by atoms with E-state index in [4.69, 9.17) is 0 Å². The van der Waals surface area contributed by atoms with Crippen LogP contribution in [0.4, 0.5) is 20.2 Å². The van der Waals surface area contributed by atoms with E-state index >= 15 is 0 Å². The molecule has 0 heterocycles. The number of nitrogens with one attached hydrogen (secondary N) is 1. The Balaban J connectivity index is 2.00. The second-order valence-electron chi connectivity index (χ2n) is 7.53. The van der Waals surface area contributed by atoms with Crippen LogP contribution in [0.25, 0.3) is 0 Å². The number of amides is 1. The summed E-state index contributed by atoms with van der Waals surface area (Å²) >= 11 is 0. The van der Waals surface area contributed by atoms with Crippen LogP contribution in [0.5, 0.6) is 0 Å². The lowest BCUT2D eigenvalue weighted by Gasteiger charge is -2.22. The van der Waals surface area contributed by atoms with E-state index in [1.165, 1.54) is 17.7 Å². The van der Waals surface area contributed by atoms with E-state index < -0.39 is 20.5 Å². The van der Waals surface area contributed by atoms with Crippen molar-refractivity contribution in [3.05, 3.63) is 54.1 Å². The summed E-state index contributed by atoms with van der Waals surface area (Å²) in [5.41, 5.74) is 2.43. The molecule has 0 spiro atoms. The summed E-state index contributed by atoms with van der Waals surface area (Å²) in [5, 5.41) is 2.62. The zero-order valence-electron chi connectivity index (χ0n) is 16.2. The Labute approximate surface area is 164 Å². The Kier molecular flexibility index (Phi) is 6.44. The molecule has 8 heteroatoms. The van der Waals surface area contributed by atoms with E-state index in [9.17, 15) is 22.0 Å². The fraction of sp³-hybridized carbons (Fsp3) is 0.350. The molecule has 0 aliphatic rings. The maximum absolute atomic E-state index is 12.5. The van der Waals surface area contributed by atoms with Gasteiger partial charge in [0.2, 0.25) is 15.7 Å². The summed E-state index contributed by atoms with van der Waals surface area (Å²) in [6.07, 6.45) is 0. The number of benzene rings is 2. The van der Waals surface area contributed by atoms with E-state index in [0.717, 1.165) is 17.8 Å². The predicted molar refractivity (Wildman–Crippen MR) is 107 cm³/mol. The number of hydrogen-bond acceptors (Lipinski definition) is 4. The van der Waals surface area contributed by atoms with E-state index in [-0.39, 0.29) is 17.9 Å². The first-order valence-corrected chi connectivity index (χ1v) is 10.2. The maximum atomic E-state index is 12.5.